The number of ether oxygens (including phenoxy) is 1. The fraction of sp³-hybridized carbons (Fsp3) is 0.269. The highest BCUT2D eigenvalue weighted by atomic mass is 35.5. The minimum absolute atomic E-state index is 0.476. The van der Waals surface area contributed by atoms with Crippen LogP contribution in [0.4, 0.5) is 13.2 Å². The van der Waals surface area contributed by atoms with Crippen LogP contribution < -0.4 is 15.2 Å². The van der Waals surface area contributed by atoms with Gasteiger partial charge < -0.3 is 14.7 Å². The lowest BCUT2D eigenvalue weighted by Crippen LogP contribution is -2.60. The summed E-state index contributed by atoms with van der Waals surface area (Å²) in [6.45, 7) is -0.778. The van der Waals surface area contributed by atoms with Gasteiger partial charge in [0.05, 0.1) is 6.04 Å². The van der Waals surface area contributed by atoms with Crippen LogP contribution >= 0.6 is 23.4 Å². The van der Waals surface area contributed by atoms with Crippen LogP contribution in [0, 0.1) is 0 Å². The molecule has 3 aromatic rings. The van der Waals surface area contributed by atoms with Crippen molar-refractivity contribution in [2.24, 2.45) is 0 Å². The average Bonchev–Trinajstić information content (AvgIpc) is 3.07. The Bertz CT molecular complexity index is 1530. The quantitative estimate of drug-likeness (QED) is 0.465. The van der Waals surface area contributed by atoms with E-state index in [1.165, 1.54) is 27.6 Å². The largest absolute Gasteiger partial charge is 0.418 e. The SMILES string of the molecule is C[C@@H](N1CN([C@@H]2c3ccccc3SCc3c(Cl)cccc32)n2ccc(=O)c(OC(=O)CO)c2C1=O)C(F)(F)F. The van der Waals surface area contributed by atoms with Crippen LogP contribution in [0.25, 0.3) is 0 Å². The summed E-state index contributed by atoms with van der Waals surface area (Å²) < 4.78 is 48.2. The van der Waals surface area contributed by atoms with E-state index < -0.39 is 60.3 Å². The van der Waals surface area contributed by atoms with Crippen molar-refractivity contribution in [2.75, 3.05) is 18.3 Å². The number of halogens is 4. The number of aliphatic hydroxyl groups is 1. The van der Waals surface area contributed by atoms with Gasteiger partial charge in [0.25, 0.3) is 5.91 Å². The molecule has 3 heterocycles. The van der Waals surface area contributed by atoms with E-state index in [-0.39, 0.29) is 0 Å². The molecule has 1 N–H and O–H groups in total. The summed E-state index contributed by atoms with van der Waals surface area (Å²) in [5, 5.41) is 11.2. The second-order valence-corrected chi connectivity index (χ2v) is 10.4. The zero-order valence-electron chi connectivity index (χ0n) is 20.3. The maximum Gasteiger partial charge on any atom is 0.408 e. The van der Waals surface area contributed by atoms with Crippen molar-refractivity contribution in [1.82, 2.24) is 9.58 Å². The molecule has 39 heavy (non-hydrogen) atoms. The first kappa shape index (κ1) is 27.1. The lowest BCUT2D eigenvalue weighted by molar-refractivity contribution is -0.173. The third-order valence-electron chi connectivity index (χ3n) is 6.69. The molecule has 2 aromatic carbocycles. The molecule has 8 nitrogen and oxygen atoms in total. The van der Waals surface area contributed by atoms with E-state index in [1.807, 2.05) is 24.3 Å². The number of hydrogen-bond acceptors (Lipinski definition) is 7. The van der Waals surface area contributed by atoms with E-state index in [0.717, 1.165) is 29.0 Å². The number of esters is 1. The fourth-order valence-electron chi connectivity index (χ4n) is 4.73. The number of pyridine rings is 1. The molecule has 0 aliphatic carbocycles. The molecule has 0 radical (unpaired) electrons. The standard InChI is InChI=1S/C26H21ClF3N3O5S/c1-14(26(28,29)30)31-13-33(32-10-9-19(35)24(23(32)25(31)37)38-21(36)11-34)22-15-6-4-7-18(27)17(15)12-39-20-8-3-2-5-16(20)22/h2-10,14,22,34H,11-13H2,1H3/t14-,22+/m1/s1. The van der Waals surface area contributed by atoms with Gasteiger partial charge in [-0.05, 0) is 35.7 Å². The van der Waals surface area contributed by atoms with Crippen LogP contribution in [0.5, 0.6) is 5.75 Å². The molecule has 1 amide bonds. The molecule has 2 aliphatic rings. The number of aliphatic hydroxyl groups excluding tert-OH is 1. The third-order valence-corrected chi connectivity index (χ3v) is 8.16. The van der Waals surface area contributed by atoms with Crippen molar-refractivity contribution in [3.63, 3.8) is 0 Å². The summed E-state index contributed by atoms with van der Waals surface area (Å²) in [5.41, 5.74) is 0.749. The smallest absolute Gasteiger partial charge is 0.408 e. The zero-order valence-corrected chi connectivity index (χ0v) is 21.9. The number of carbonyl (C=O) groups excluding carboxylic acids is 2. The summed E-state index contributed by atoms with van der Waals surface area (Å²) in [6, 6.07) is 10.7. The van der Waals surface area contributed by atoms with Crippen molar-refractivity contribution in [3.05, 3.63) is 92.4 Å². The van der Waals surface area contributed by atoms with E-state index >= 15 is 0 Å². The molecule has 0 spiro atoms. The molecule has 0 saturated carbocycles. The molecule has 0 bridgehead atoms. The number of aromatic nitrogens is 1. The number of alkyl halides is 3. The lowest BCUT2D eigenvalue weighted by Gasteiger charge is -2.46. The molecule has 1 aromatic heterocycles. The maximum absolute atomic E-state index is 14.0. The Morgan fingerprint density at radius 3 is 2.59 bits per heavy atom. The van der Waals surface area contributed by atoms with Crippen molar-refractivity contribution in [3.8, 4) is 5.75 Å². The average molecular weight is 580 g/mol. The van der Waals surface area contributed by atoms with Crippen LogP contribution in [0.1, 0.15) is 40.1 Å². The molecule has 0 fully saturated rings. The highest BCUT2D eigenvalue weighted by Gasteiger charge is 2.48. The van der Waals surface area contributed by atoms with Crippen LogP contribution in [0.3, 0.4) is 0 Å². The summed E-state index contributed by atoms with van der Waals surface area (Å²) >= 11 is 8.09. The first-order valence-corrected chi connectivity index (χ1v) is 13.1. The Morgan fingerprint density at radius 2 is 1.87 bits per heavy atom. The second kappa shape index (κ2) is 10.2. The maximum atomic E-state index is 14.0. The predicted octanol–water partition coefficient (Wildman–Crippen LogP) is 4.10. The van der Waals surface area contributed by atoms with E-state index in [9.17, 15) is 32.7 Å². The third kappa shape index (κ3) is 4.77. The summed E-state index contributed by atoms with van der Waals surface area (Å²) in [4.78, 5) is 39.7. The van der Waals surface area contributed by atoms with Gasteiger partial charge in [-0.1, -0.05) is 41.9 Å². The molecule has 0 saturated heterocycles. The number of thioether (sulfide) groups is 1. The molecule has 13 heteroatoms. The Labute approximate surface area is 229 Å². The minimum atomic E-state index is -4.79. The second-order valence-electron chi connectivity index (χ2n) is 8.94. The molecule has 5 rings (SSSR count). The van der Waals surface area contributed by atoms with Crippen LogP contribution in [-0.4, -0.2) is 52.1 Å². The number of benzene rings is 2. The van der Waals surface area contributed by atoms with Crippen LogP contribution in [0.2, 0.25) is 5.02 Å². The van der Waals surface area contributed by atoms with Gasteiger partial charge >= 0.3 is 12.1 Å². The number of amides is 1. The fourth-order valence-corrected chi connectivity index (χ4v) is 6.20. The predicted molar refractivity (Wildman–Crippen MR) is 137 cm³/mol. The Morgan fingerprint density at radius 1 is 1.15 bits per heavy atom. The van der Waals surface area contributed by atoms with Gasteiger partial charge in [-0.2, -0.15) is 13.2 Å². The number of hydrogen-bond donors (Lipinski definition) is 1. The topological polar surface area (TPSA) is 92.1 Å². The molecule has 2 aliphatic heterocycles. The summed E-state index contributed by atoms with van der Waals surface area (Å²) in [6.07, 6.45) is -3.54. The van der Waals surface area contributed by atoms with Gasteiger partial charge in [-0.25, -0.2) is 4.79 Å². The van der Waals surface area contributed by atoms with E-state index in [2.05, 4.69) is 0 Å². The number of carbonyl (C=O) groups is 2. The van der Waals surface area contributed by atoms with E-state index in [0.29, 0.717) is 21.2 Å². The highest BCUT2D eigenvalue weighted by Crippen LogP contribution is 2.45. The van der Waals surface area contributed by atoms with Crippen molar-refractivity contribution in [2.45, 2.75) is 35.8 Å². The normalized spacial score (nSPS) is 17.6. The molecular weight excluding hydrogens is 559 g/mol. The lowest BCUT2D eigenvalue weighted by atomic mass is 9.94. The van der Waals surface area contributed by atoms with Gasteiger partial charge in [0, 0.05) is 27.9 Å². The number of rotatable bonds is 4. The van der Waals surface area contributed by atoms with Crippen molar-refractivity contribution in [1.29, 1.82) is 0 Å². The van der Waals surface area contributed by atoms with Gasteiger partial charge in [-0.15, -0.1) is 11.8 Å². The monoisotopic (exact) mass is 579 g/mol. The Kier molecular flexibility index (Phi) is 7.12. The Hall–Kier alpha value is -3.48. The zero-order chi connectivity index (χ0) is 28.1. The molecular formula is C26H21ClF3N3O5S. The Balaban J connectivity index is 1.80. The first-order chi connectivity index (χ1) is 18.5. The molecule has 204 valence electrons. The minimum Gasteiger partial charge on any atom is -0.418 e. The van der Waals surface area contributed by atoms with Gasteiger partial charge in [-0.3, -0.25) is 19.3 Å². The number of nitrogens with zero attached hydrogens (tertiary/aromatic N) is 3. The van der Waals surface area contributed by atoms with Gasteiger partial charge in [0.2, 0.25) is 11.2 Å². The van der Waals surface area contributed by atoms with Crippen molar-refractivity contribution >= 4 is 35.2 Å². The number of fused-ring (bicyclic) bond motifs is 3. The van der Waals surface area contributed by atoms with E-state index in [1.54, 1.807) is 18.2 Å². The highest BCUT2D eigenvalue weighted by molar-refractivity contribution is 7.98. The van der Waals surface area contributed by atoms with Crippen molar-refractivity contribution < 1.29 is 32.6 Å². The first-order valence-electron chi connectivity index (χ1n) is 11.7. The van der Waals surface area contributed by atoms with Gasteiger partial charge in [0.1, 0.15) is 19.3 Å². The summed E-state index contributed by atoms with van der Waals surface area (Å²) in [7, 11) is 0. The molecule has 0 unspecified atom stereocenters. The summed E-state index contributed by atoms with van der Waals surface area (Å²) in [5.74, 6) is -2.67. The van der Waals surface area contributed by atoms with Crippen LogP contribution in [0.15, 0.2) is 64.4 Å². The van der Waals surface area contributed by atoms with Crippen LogP contribution in [-0.2, 0) is 10.5 Å². The van der Waals surface area contributed by atoms with E-state index in [4.69, 9.17) is 16.3 Å². The molecule has 2 atom stereocenters. The van der Waals surface area contributed by atoms with Gasteiger partial charge in [0.15, 0.2) is 5.69 Å².